The number of sulfonamides is 1. The van der Waals surface area contributed by atoms with Crippen molar-refractivity contribution in [3.63, 3.8) is 0 Å². The van der Waals surface area contributed by atoms with Crippen LogP contribution in [0.3, 0.4) is 0 Å². The van der Waals surface area contributed by atoms with E-state index in [-0.39, 0.29) is 29.6 Å². The van der Waals surface area contributed by atoms with E-state index in [1.807, 2.05) is 31.2 Å². The number of amides is 1. The van der Waals surface area contributed by atoms with E-state index in [1.54, 1.807) is 13.0 Å². The Morgan fingerprint density at radius 2 is 1.87 bits per heavy atom. The second kappa shape index (κ2) is 10.1. The van der Waals surface area contributed by atoms with Crippen molar-refractivity contribution in [2.45, 2.75) is 31.3 Å². The Hall–Kier alpha value is -2.62. The second-order valence-electron chi connectivity index (χ2n) is 7.09. The molecule has 31 heavy (non-hydrogen) atoms. The topological polar surface area (TPSA) is 94.2 Å². The molecule has 0 aromatic heterocycles. The van der Waals surface area contributed by atoms with Crippen molar-refractivity contribution in [2.24, 2.45) is 0 Å². The van der Waals surface area contributed by atoms with Crippen LogP contribution in [0.1, 0.15) is 19.4 Å². The van der Waals surface area contributed by atoms with Gasteiger partial charge in [-0.2, -0.15) is 4.31 Å². The lowest BCUT2D eigenvalue weighted by atomic mass is 10.1. The number of para-hydroxylation sites is 1. The minimum atomic E-state index is -3.80. The van der Waals surface area contributed by atoms with Gasteiger partial charge < -0.3 is 19.5 Å². The fourth-order valence-corrected chi connectivity index (χ4v) is 4.87. The number of aryl methyl sites for hydroxylation is 1. The molecule has 1 saturated heterocycles. The Balaban J connectivity index is 1.78. The smallest absolute Gasteiger partial charge is 0.265 e. The summed E-state index contributed by atoms with van der Waals surface area (Å²) < 4.78 is 43.9. The number of morpholine rings is 1. The van der Waals surface area contributed by atoms with Gasteiger partial charge in [0.1, 0.15) is 16.4 Å². The van der Waals surface area contributed by atoms with Crippen LogP contribution < -0.4 is 14.8 Å². The van der Waals surface area contributed by atoms with Crippen molar-refractivity contribution in [1.29, 1.82) is 0 Å². The Bertz CT molecular complexity index is 1020. The number of carbonyl (C=O) groups excluding carboxylic acids is 1. The van der Waals surface area contributed by atoms with Crippen LogP contribution in [0.5, 0.6) is 11.5 Å². The molecule has 1 atom stereocenters. The van der Waals surface area contributed by atoms with Crippen LogP contribution >= 0.6 is 0 Å². The minimum Gasteiger partial charge on any atom is -0.495 e. The second-order valence-corrected chi connectivity index (χ2v) is 9.00. The van der Waals surface area contributed by atoms with E-state index in [0.717, 1.165) is 12.0 Å². The molecule has 168 valence electrons. The number of methoxy groups -OCH3 is 1. The van der Waals surface area contributed by atoms with Crippen molar-refractivity contribution in [3.8, 4) is 11.5 Å². The largest absolute Gasteiger partial charge is 0.495 e. The number of nitrogens with zero attached hydrogens (tertiary/aromatic N) is 1. The van der Waals surface area contributed by atoms with Gasteiger partial charge in [0.15, 0.2) is 6.10 Å². The van der Waals surface area contributed by atoms with E-state index >= 15 is 0 Å². The summed E-state index contributed by atoms with van der Waals surface area (Å²) in [7, 11) is -2.39. The van der Waals surface area contributed by atoms with Crippen LogP contribution in [0.4, 0.5) is 5.69 Å². The number of anilines is 1. The normalized spacial score (nSPS) is 15.8. The van der Waals surface area contributed by atoms with Crippen molar-refractivity contribution in [1.82, 2.24) is 4.31 Å². The molecular weight excluding hydrogens is 420 g/mol. The zero-order valence-corrected chi connectivity index (χ0v) is 18.8. The van der Waals surface area contributed by atoms with Crippen LogP contribution in [0.25, 0.3) is 0 Å². The first-order valence-corrected chi connectivity index (χ1v) is 11.6. The van der Waals surface area contributed by atoms with Gasteiger partial charge in [0.25, 0.3) is 5.91 Å². The van der Waals surface area contributed by atoms with Crippen LogP contribution in [-0.2, 0) is 26.0 Å². The molecular formula is C22H28N2O6S. The summed E-state index contributed by atoms with van der Waals surface area (Å²) in [6, 6.07) is 12.1. The van der Waals surface area contributed by atoms with Crippen molar-refractivity contribution >= 4 is 21.6 Å². The van der Waals surface area contributed by atoms with Crippen LogP contribution in [0, 0.1) is 0 Å². The summed E-state index contributed by atoms with van der Waals surface area (Å²) in [5, 5.41) is 2.74. The van der Waals surface area contributed by atoms with Gasteiger partial charge in [-0.05, 0) is 43.2 Å². The number of ether oxygens (including phenoxy) is 3. The number of nitrogens with one attached hydrogen (secondary N) is 1. The zero-order chi connectivity index (χ0) is 22.4. The fraction of sp³-hybridized carbons (Fsp3) is 0.409. The molecule has 9 heteroatoms. The minimum absolute atomic E-state index is 0.000370. The van der Waals surface area contributed by atoms with E-state index in [1.165, 1.54) is 23.5 Å². The summed E-state index contributed by atoms with van der Waals surface area (Å²) >= 11 is 0. The van der Waals surface area contributed by atoms with E-state index in [9.17, 15) is 13.2 Å². The average Bonchev–Trinajstić information content (AvgIpc) is 2.79. The molecule has 0 spiro atoms. The fourth-order valence-electron chi connectivity index (χ4n) is 3.28. The Morgan fingerprint density at radius 3 is 2.55 bits per heavy atom. The quantitative estimate of drug-likeness (QED) is 0.667. The Kier molecular flexibility index (Phi) is 7.53. The molecule has 2 aromatic rings. The first-order valence-electron chi connectivity index (χ1n) is 10.2. The molecule has 0 bridgehead atoms. The van der Waals surface area contributed by atoms with Crippen LogP contribution in [0.15, 0.2) is 47.4 Å². The van der Waals surface area contributed by atoms with Crippen molar-refractivity contribution in [3.05, 3.63) is 48.0 Å². The van der Waals surface area contributed by atoms with Crippen molar-refractivity contribution < 1.29 is 27.4 Å². The number of carbonyl (C=O) groups is 1. The lowest BCUT2D eigenvalue weighted by Crippen LogP contribution is -2.40. The lowest BCUT2D eigenvalue weighted by Gasteiger charge is -2.27. The Labute approximate surface area is 183 Å². The first kappa shape index (κ1) is 23.1. The lowest BCUT2D eigenvalue weighted by molar-refractivity contribution is -0.122. The molecule has 1 aliphatic rings. The molecule has 3 rings (SSSR count). The summed E-state index contributed by atoms with van der Waals surface area (Å²) in [4.78, 5) is 12.7. The molecule has 0 radical (unpaired) electrons. The molecule has 1 amide bonds. The predicted molar refractivity (Wildman–Crippen MR) is 117 cm³/mol. The monoisotopic (exact) mass is 448 g/mol. The third kappa shape index (κ3) is 5.36. The third-order valence-electron chi connectivity index (χ3n) is 5.05. The molecule has 8 nitrogen and oxygen atoms in total. The highest BCUT2D eigenvalue weighted by molar-refractivity contribution is 7.89. The third-order valence-corrected chi connectivity index (χ3v) is 6.97. The highest BCUT2D eigenvalue weighted by Crippen LogP contribution is 2.30. The molecule has 1 heterocycles. The van der Waals surface area contributed by atoms with Crippen molar-refractivity contribution in [2.75, 3.05) is 38.7 Å². The van der Waals surface area contributed by atoms with E-state index in [4.69, 9.17) is 14.2 Å². The van der Waals surface area contributed by atoms with Gasteiger partial charge in [-0.3, -0.25) is 4.79 Å². The van der Waals surface area contributed by atoms with Gasteiger partial charge in [-0.25, -0.2) is 8.42 Å². The summed E-state index contributed by atoms with van der Waals surface area (Å²) in [6.45, 7) is 4.88. The first-order chi connectivity index (χ1) is 14.9. The van der Waals surface area contributed by atoms with Gasteiger partial charge in [-0.1, -0.05) is 25.1 Å². The number of hydrogen-bond acceptors (Lipinski definition) is 6. The maximum atomic E-state index is 13.1. The zero-order valence-electron chi connectivity index (χ0n) is 18.0. The van der Waals surface area contributed by atoms with Gasteiger partial charge in [0.2, 0.25) is 10.0 Å². The highest BCUT2D eigenvalue weighted by atomic mass is 32.2. The maximum absolute atomic E-state index is 13.1. The maximum Gasteiger partial charge on any atom is 0.265 e. The summed E-state index contributed by atoms with van der Waals surface area (Å²) in [5.41, 5.74) is 1.35. The number of hydrogen-bond donors (Lipinski definition) is 1. The van der Waals surface area contributed by atoms with Crippen LogP contribution in [-0.4, -0.2) is 58.1 Å². The molecule has 0 aliphatic carbocycles. The summed E-state index contributed by atoms with van der Waals surface area (Å²) in [6.07, 6.45) is 0.0141. The Morgan fingerprint density at radius 1 is 1.16 bits per heavy atom. The van der Waals surface area contributed by atoms with E-state index in [0.29, 0.717) is 24.7 Å². The number of rotatable bonds is 8. The van der Waals surface area contributed by atoms with Gasteiger partial charge in [0.05, 0.1) is 20.3 Å². The predicted octanol–water partition coefficient (Wildman–Crippen LogP) is 2.68. The summed E-state index contributed by atoms with van der Waals surface area (Å²) in [5.74, 6) is 0.481. The molecule has 0 saturated carbocycles. The van der Waals surface area contributed by atoms with Crippen LogP contribution in [0.2, 0.25) is 0 Å². The molecule has 1 fully saturated rings. The van der Waals surface area contributed by atoms with Gasteiger partial charge in [0, 0.05) is 18.8 Å². The highest BCUT2D eigenvalue weighted by Gasteiger charge is 2.30. The van der Waals surface area contributed by atoms with E-state index < -0.39 is 16.1 Å². The van der Waals surface area contributed by atoms with Gasteiger partial charge >= 0.3 is 0 Å². The van der Waals surface area contributed by atoms with Gasteiger partial charge in [-0.15, -0.1) is 0 Å². The molecule has 1 unspecified atom stereocenters. The molecule has 1 aliphatic heterocycles. The standard InChI is InChI=1S/C22H28N2O6S/c1-4-17-7-5-6-8-19(17)30-16(2)22(25)23-18-9-10-20(28-3)21(15-18)31(26,27)24-11-13-29-14-12-24/h5-10,15-16H,4,11-14H2,1-3H3,(H,23,25). The van der Waals surface area contributed by atoms with E-state index in [2.05, 4.69) is 5.32 Å². The molecule has 1 N–H and O–H groups in total. The molecule has 2 aromatic carbocycles. The average molecular weight is 449 g/mol. The SMILES string of the molecule is CCc1ccccc1OC(C)C(=O)Nc1ccc(OC)c(S(=O)(=O)N2CCOCC2)c1. The number of benzene rings is 2.